The number of nitrogens with zero attached hydrogens (tertiary/aromatic N) is 2. The smallest absolute Gasteiger partial charge is 0.181 e. The normalized spacial score (nSPS) is 21.8. The minimum absolute atomic E-state index is 0.0329. The van der Waals surface area contributed by atoms with Gasteiger partial charge in [-0.2, -0.15) is 0 Å². The molecule has 0 aliphatic heterocycles. The minimum Gasteiger partial charge on any atom is -0.300 e. The number of rotatable bonds is 9. The third-order valence-corrected chi connectivity index (χ3v) is 9.80. The first-order chi connectivity index (χ1) is 15.8. The summed E-state index contributed by atoms with van der Waals surface area (Å²) < 4.78 is 26.7. The van der Waals surface area contributed by atoms with Crippen molar-refractivity contribution >= 4 is 37.3 Å². The minimum atomic E-state index is -3.30. The predicted octanol–water partition coefficient (Wildman–Crippen LogP) is 4.71. The lowest BCUT2D eigenvalue weighted by molar-refractivity contribution is -0.121. The molecule has 2 atom stereocenters. The SMILES string of the molecule is O=C1CC[C@H](C[C@@H](C(=O)Cc2cnc(Br)cn2)c2ccc(S(=O)(=O)C3CC3)c(C3CC3)c2)C1. The van der Waals surface area contributed by atoms with Gasteiger partial charge in [-0.1, -0.05) is 12.1 Å². The van der Waals surface area contributed by atoms with Crippen molar-refractivity contribution in [2.24, 2.45) is 5.92 Å². The molecule has 0 amide bonds. The Morgan fingerprint density at radius 2 is 1.88 bits per heavy atom. The first-order valence-corrected chi connectivity index (χ1v) is 14.0. The molecule has 3 saturated carbocycles. The first kappa shape index (κ1) is 22.8. The van der Waals surface area contributed by atoms with Crippen LogP contribution in [0.15, 0.2) is 40.1 Å². The number of sulfone groups is 1. The van der Waals surface area contributed by atoms with Gasteiger partial charge in [-0.15, -0.1) is 0 Å². The van der Waals surface area contributed by atoms with E-state index >= 15 is 0 Å². The maximum atomic E-state index is 13.5. The highest BCUT2D eigenvalue weighted by Gasteiger charge is 2.41. The summed E-state index contributed by atoms with van der Waals surface area (Å²) in [6, 6.07) is 5.53. The fourth-order valence-corrected chi connectivity index (χ4v) is 7.06. The first-order valence-electron chi connectivity index (χ1n) is 11.7. The lowest BCUT2D eigenvalue weighted by Crippen LogP contribution is -2.20. The number of benzene rings is 1. The third-order valence-electron chi connectivity index (χ3n) is 7.06. The number of carbonyl (C=O) groups excluding carboxylic acids is 2. The second kappa shape index (κ2) is 9.02. The van der Waals surface area contributed by atoms with E-state index < -0.39 is 9.84 Å². The Morgan fingerprint density at radius 3 is 2.48 bits per heavy atom. The molecule has 0 spiro atoms. The molecule has 3 aliphatic rings. The number of hydrogen-bond acceptors (Lipinski definition) is 6. The van der Waals surface area contributed by atoms with Crippen molar-refractivity contribution in [3.8, 4) is 0 Å². The standard InChI is InChI=1S/C25H27BrN2O4S/c26-25-14-27-18(13-28-25)12-23(30)21(10-15-1-5-19(29)9-15)17-4-8-24(22(11-17)16-2-3-16)33(31,32)20-6-7-20/h4,8,11,13-16,20-21H,1-3,5-7,9-10,12H2/t15-,21+/m0/s1. The fourth-order valence-electron chi connectivity index (χ4n) is 4.93. The van der Waals surface area contributed by atoms with E-state index in [1.807, 2.05) is 12.1 Å². The molecule has 3 aliphatic carbocycles. The van der Waals surface area contributed by atoms with E-state index in [0.717, 1.165) is 43.2 Å². The van der Waals surface area contributed by atoms with Crippen LogP contribution in [0.25, 0.3) is 0 Å². The van der Waals surface area contributed by atoms with Crippen molar-refractivity contribution in [3.05, 3.63) is 52.0 Å². The summed E-state index contributed by atoms with van der Waals surface area (Å²) in [5.74, 6) is 0.345. The highest BCUT2D eigenvalue weighted by Crippen LogP contribution is 2.47. The van der Waals surface area contributed by atoms with Crippen LogP contribution in [0.3, 0.4) is 0 Å². The summed E-state index contributed by atoms with van der Waals surface area (Å²) in [5.41, 5.74) is 2.34. The van der Waals surface area contributed by atoms with Gasteiger partial charge in [0.2, 0.25) is 0 Å². The van der Waals surface area contributed by atoms with Crippen molar-refractivity contribution in [1.29, 1.82) is 0 Å². The third kappa shape index (κ3) is 5.11. The van der Waals surface area contributed by atoms with Crippen LogP contribution in [0.2, 0.25) is 0 Å². The number of halogens is 1. The Kier molecular flexibility index (Phi) is 6.25. The van der Waals surface area contributed by atoms with E-state index in [9.17, 15) is 18.0 Å². The maximum absolute atomic E-state index is 13.5. The molecular formula is C25H27BrN2O4S. The van der Waals surface area contributed by atoms with Crippen LogP contribution in [0.4, 0.5) is 0 Å². The van der Waals surface area contributed by atoms with E-state index in [2.05, 4.69) is 25.9 Å². The summed E-state index contributed by atoms with van der Waals surface area (Å²) in [7, 11) is -3.30. The second-order valence-electron chi connectivity index (χ2n) is 9.73. The Balaban J connectivity index is 1.47. The average molecular weight is 531 g/mol. The van der Waals surface area contributed by atoms with Gasteiger partial charge in [-0.25, -0.2) is 13.4 Å². The van der Waals surface area contributed by atoms with Crippen molar-refractivity contribution < 1.29 is 18.0 Å². The molecule has 8 heteroatoms. The molecule has 0 unspecified atom stereocenters. The lowest BCUT2D eigenvalue weighted by atomic mass is 9.83. The zero-order valence-electron chi connectivity index (χ0n) is 18.4. The quantitative estimate of drug-likeness (QED) is 0.466. The lowest BCUT2D eigenvalue weighted by Gasteiger charge is -2.21. The van der Waals surface area contributed by atoms with Crippen molar-refractivity contribution in [2.45, 2.75) is 79.8 Å². The summed E-state index contributed by atoms with van der Waals surface area (Å²) >= 11 is 3.27. The zero-order chi connectivity index (χ0) is 23.2. The Labute approximate surface area is 202 Å². The molecular weight excluding hydrogens is 504 g/mol. The van der Waals surface area contributed by atoms with Gasteiger partial charge < -0.3 is 0 Å². The molecule has 0 bridgehead atoms. The highest BCUT2D eigenvalue weighted by atomic mass is 79.9. The van der Waals surface area contributed by atoms with Crippen molar-refractivity contribution in [2.75, 3.05) is 0 Å². The van der Waals surface area contributed by atoms with Gasteiger partial charge in [-0.05, 0) is 83.5 Å². The highest BCUT2D eigenvalue weighted by molar-refractivity contribution is 9.10. The molecule has 1 aromatic heterocycles. The fraction of sp³-hybridized carbons (Fsp3) is 0.520. The number of carbonyl (C=O) groups is 2. The van der Waals surface area contributed by atoms with Gasteiger partial charge in [0.05, 0.1) is 34.7 Å². The van der Waals surface area contributed by atoms with Crippen LogP contribution >= 0.6 is 15.9 Å². The summed E-state index contributed by atoms with van der Waals surface area (Å²) in [6.45, 7) is 0. The van der Waals surface area contributed by atoms with Crippen LogP contribution in [-0.2, 0) is 25.8 Å². The summed E-state index contributed by atoms with van der Waals surface area (Å²) in [5, 5.41) is -0.251. The molecule has 0 N–H and O–H groups in total. The van der Waals surface area contributed by atoms with E-state index in [1.54, 1.807) is 18.5 Å². The number of hydrogen-bond donors (Lipinski definition) is 0. The van der Waals surface area contributed by atoms with E-state index in [-0.39, 0.29) is 41.0 Å². The molecule has 33 heavy (non-hydrogen) atoms. The molecule has 5 rings (SSSR count). The van der Waals surface area contributed by atoms with Crippen LogP contribution in [0.5, 0.6) is 0 Å². The molecule has 0 saturated heterocycles. The Hall–Kier alpha value is -1.93. The Bertz CT molecular complexity index is 1190. The number of aromatic nitrogens is 2. The van der Waals surface area contributed by atoms with Gasteiger partial charge in [0.1, 0.15) is 16.2 Å². The second-order valence-corrected chi connectivity index (χ2v) is 12.7. The molecule has 2 aromatic rings. The number of ketones is 2. The molecule has 0 radical (unpaired) electrons. The molecule has 1 heterocycles. The van der Waals surface area contributed by atoms with Gasteiger partial charge in [0.15, 0.2) is 9.84 Å². The predicted molar refractivity (Wildman–Crippen MR) is 127 cm³/mol. The van der Waals surface area contributed by atoms with E-state index in [4.69, 9.17) is 0 Å². The largest absolute Gasteiger partial charge is 0.300 e. The Morgan fingerprint density at radius 1 is 1.09 bits per heavy atom. The van der Waals surface area contributed by atoms with E-state index in [1.165, 1.54) is 0 Å². The van der Waals surface area contributed by atoms with Gasteiger partial charge >= 0.3 is 0 Å². The summed E-state index contributed by atoms with van der Waals surface area (Å²) in [6.07, 6.45) is 9.29. The van der Waals surface area contributed by atoms with Gasteiger partial charge in [0, 0.05) is 18.8 Å². The molecule has 1 aromatic carbocycles. The molecule has 174 valence electrons. The molecule has 3 fully saturated rings. The average Bonchev–Trinajstić information content (AvgIpc) is 3.70. The van der Waals surface area contributed by atoms with Crippen LogP contribution in [0.1, 0.15) is 80.0 Å². The molecule has 6 nitrogen and oxygen atoms in total. The van der Waals surface area contributed by atoms with Gasteiger partial charge in [-0.3, -0.25) is 14.6 Å². The van der Waals surface area contributed by atoms with Crippen LogP contribution < -0.4 is 0 Å². The van der Waals surface area contributed by atoms with Crippen LogP contribution in [-0.4, -0.2) is 35.2 Å². The van der Waals surface area contributed by atoms with Crippen molar-refractivity contribution in [1.82, 2.24) is 9.97 Å². The number of Topliss-reactive ketones (excluding diaryl/α,β-unsaturated/α-hetero) is 2. The zero-order valence-corrected chi connectivity index (χ0v) is 20.8. The monoisotopic (exact) mass is 530 g/mol. The van der Waals surface area contributed by atoms with E-state index in [0.29, 0.717) is 34.5 Å². The van der Waals surface area contributed by atoms with Crippen LogP contribution in [0, 0.1) is 5.92 Å². The van der Waals surface area contributed by atoms with Crippen molar-refractivity contribution in [3.63, 3.8) is 0 Å². The summed E-state index contributed by atoms with van der Waals surface area (Å²) in [4.78, 5) is 34.3. The maximum Gasteiger partial charge on any atom is 0.181 e. The van der Waals surface area contributed by atoms with Gasteiger partial charge in [0.25, 0.3) is 0 Å². The topological polar surface area (TPSA) is 94.1 Å².